The maximum Gasteiger partial charge on any atom is 0.364 e. The summed E-state index contributed by atoms with van der Waals surface area (Å²) >= 11 is 6.72. The van der Waals surface area contributed by atoms with Crippen LogP contribution in [0.3, 0.4) is 0 Å². The first-order valence-corrected chi connectivity index (χ1v) is 12.1. The van der Waals surface area contributed by atoms with Crippen LogP contribution in [0.15, 0.2) is 29.6 Å². The van der Waals surface area contributed by atoms with Crippen molar-refractivity contribution in [2.75, 3.05) is 19.7 Å². The van der Waals surface area contributed by atoms with Gasteiger partial charge in [-0.25, -0.2) is 14.3 Å². The minimum Gasteiger partial charge on any atom is -0.461 e. The van der Waals surface area contributed by atoms with Crippen molar-refractivity contribution < 1.29 is 18.3 Å². The molecule has 2 atom stereocenters. The van der Waals surface area contributed by atoms with Gasteiger partial charge in [-0.3, -0.25) is 4.90 Å². The van der Waals surface area contributed by atoms with Crippen LogP contribution in [0.4, 0.5) is 8.78 Å². The monoisotopic (exact) mass is 480 g/mol. The zero-order valence-electron chi connectivity index (χ0n) is 17.3. The van der Waals surface area contributed by atoms with E-state index in [2.05, 4.69) is 15.0 Å². The van der Waals surface area contributed by atoms with Gasteiger partial charge in [0, 0.05) is 18.0 Å². The highest BCUT2D eigenvalue weighted by molar-refractivity contribution is 7.13. The van der Waals surface area contributed by atoms with Crippen LogP contribution in [-0.4, -0.2) is 51.2 Å². The molecule has 3 aromatic heterocycles. The Morgan fingerprint density at radius 2 is 2.09 bits per heavy atom. The number of nitrogens with zero attached hydrogens (tertiary/aromatic N) is 4. The van der Waals surface area contributed by atoms with E-state index in [1.807, 2.05) is 11.4 Å². The smallest absolute Gasteiger partial charge is 0.364 e. The van der Waals surface area contributed by atoms with Gasteiger partial charge in [-0.05, 0) is 67.9 Å². The Morgan fingerprint density at radius 3 is 2.88 bits per heavy atom. The molecule has 5 heterocycles. The lowest BCUT2D eigenvalue weighted by Gasteiger charge is -2.44. The highest BCUT2D eigenvalue weighted by Gasteiger charge is 2.35. The van der Waals surface area contributed by atoms with Crippen molar-refractivity contribution in [3.05, 3.63) is 41.0 Å². The molecular formula is C22H23ClF2N4O2S. The summed E-state index contributed by atoms with van der Waals surface area (Å²) < 4.78 is 34.8. The molecule has 0 amide bonds. The number of alkyl halides is 3. The van der Waals surface area contributed by atoms with Gasteiger partial charge in [0.05, 0.1) is 17.2 Å². The van der Waals surface area contributed by atoms with Crippen LogP contribution in [0.2, 0.25) is 0 Å². The zero-order valence-corrected chi connectivity index (χ0v) is 18.9. The number of ether oxygens (including phenoxy) is 1. The third-order valence-corrected chi connectivity index (χ3v) is 7.44. The minimum absolute atomic E-state index is 0.0562. The molecule has 0 aromatic carbocycles. The van der Waals surface area contributed by atoms with E-state index in [0.29, 0.717) is 23.2 Å². The molecule has 170 valence electrons. The van der Waals surface area contributed by atoms with Gasteiger partial charge in [-0.15, -0.1) is 11.3 Å². The number of carbonyl (C=O) groups is 1. The number of esters is 1. The fourth-order valence-electron chi connectivity index (χ4n) is 4.85. The van der Waals surface area contributed by atoms with Crippen molar-refractivity contribution in [2.24, 2.45) is 5.92 Å². The molecule has 0 N–H and O–H groups in total. The van der Waals surface area contributed by atoms with E-state index < -0.39 is 17.0 Å². The fraction of sp³-hybridized carbons (Fsp3) is 0.500. The zero-order chi connectivity index (χ0) is 22.3. The Balaban J connectivity index is 1.38. The average Bonchev–Trinajstić information content (AvgIpc) is 3.46. The van der Waals surface area contributed by atoms with Crippen LogP contribution in [0.5, 0.6) is 0 Å². The topological polar surface area (TPSA) is 59.7 Å². The van der Waals surface area contributed by atoms with Crippen LogP contribution in [-0.2, 0) is 10.1 Å². The maximum atomic E-state index is 14.1. The third-order valence-electron chi connectivity index (χ3n) is 6.36. The predicted octanol–water partition coefficient (Wildman–Crippen LogP) is 5.17. The molecule has 2 saturated heterocycles. The van der Waals surface area contributed by atoms with E-state index in [1.54, 1.807) is 6.07 Å². The highest BCUT2D eigenvalue weighted by atomic mass is 35.5. The Morgan fingerprint density at radius 1 is 1.25 bits per heavy atom. The van der Waals surface area contributed by atoms with Crippen molar-refractivity contribution in [3.8, 4) is 10.6 Å². The van der Waals surface area contributed by atoms with Gasteiger partial charge in [0.25, 0.3) is 0 Å². The summed E-state index contributed by atoms with van der Waals surface area (Å²) in [7, 11) is 0. The molecule has 0 bridgehead atoms. The second kappa shape index (κ2) is 8.68. The van der Waals surface area contributed by atoms with Gasteiger partial charge in [0.15, 0.2) is 11.3 Å². The Kier molecular flexibility index (Phi) is 5.90. The molecule has 2 fully saturated rings. The number of fused-ring (bicyclic) bond motifs is 2. The van der Waals surface area contributed by atoms with E-state index in [1.165, 1.54) is 36.3 Å². The number of halogens is 3. The summed E-state index contributed by atoms with van der Waals surface area (Å²) in [5, 5.41) is 2.21. The van der Waals surface area contributed by atoms with Gasteiger partial charge in [-0.1, -0.05) is 12.5 Å². The lowest BCUT2D eigenvalue weighted by Crippen LogP contribution is -2.49. The normalized spacial score (nSPS) is 22.1. The summed E-state index contributed by atoms with van der Waals surface area (Å²) in [6.07, 6.45) is 5.66. The van der Waals surface area contributed by atoms with E-state index in [-0.39, 0.29) is 17.3 Å². The minimum atomic E-state index is -3.67. The first kappa shape index (κ1) is 21.7. The van der Waals surface area contributed by atoms with Gasteiger partial charge >= 0.3 is 11.4 Å². The number of piperidine rings is 2. The van der Waals surface area contributed by atoms with Gasteiger partial charge in [-0.2, -0.15) is 13.9 Å². The number of thiophene rings is 1. The average molecular weight is 481 g/mol. The second-order valence-electron chi connectivity index (χ2n) is 8.40. The van der Waals surface area contributed by atoms with Crippen molar-refractivity contribution in [2.45, 2.75) is 43.5 Å². The standard InChI is InChI=1S/C22H23ClF2N4O2S/c23-22(24,25)19-11-15(18-7-4-10-32-18)26-20-12-16(27-29(19)20)21(30)31-13-14-5-3-9-28-8-2-1-6-17(14)28/h4,7,10-12,14,17H,1-3,5-6,8-9,13H2/t14-,17+/m1/s1. The summed E-state index contributed by atoms with van der Waals surface area (Å²) in [4.78, 5) is 20.4. The Labute approximate surface area is 193 Å². The van der Waals surface area contributed by atoms with Crippen LogP contribution < -0.4 is 0 Å². The van der Waals surface area contributed by atoms with Crippen LogP contribution in [0.25, 0.3) is 16.2 Å². The molecule has 0 aliphatic carbocycles. The molecule has 2 aliphatic heterocycles. The van der Waals surface area contributed by atoms with Gasteiger partial charge in [0.2, 0.25) is 0 Å². The van der Waals surface area contributed by atoms with E-state index in [9.17, 15) is 13.6 Å². The van der Waals surface area contributed by atoms with Crippen molar-refractivity contribution >= 4 is 34.6 Å². The molecule has 5 rings (SSSR count). The van der Waals surface area contributed by atoms with Gasteiger partial charge in [0.1, 0.15) is 5.69 Å². The Hall–Kier alpha value is -2.10. The number of aromatic nitrogens is 3. The molecule has 0 unspecified atom stereocenters. The van der Waals surface area contributed by atoms with E-state index in [0.717, 1.165) is 36.9 Å². The first-order valence-electron chi connectivity index (χ1n) is 10.8. The van der Waals surface area contributed by atoms with E-state index >= 15 is 0 Å². The van der Waals surface area contributed by atoms with Crippen molar-refractivity contribution in [3.63, 3.8) is 0 Å². The quantitative estimate of drug-likeness (QED) is 0.372. The number of rotatable bonds is 5. The second-order valence-corrected chi connectivity index (χ2v) is 9.82. The molecule has 2 aliphatic rings. The number of hydrogen-bond donors (Lipinski definition) is 0. The summed E-state index contributed by atoms with van der Waals surface area (Å²) in [5.74, 6) is -0.346. The lowest BCUT2D eigenvalue weighted by molar-refractivity contribution is 0.00696. The molecule has 0 radical (unpaired) electrons. The summed E-state index contributed by atoms with van der Waals surface area (Å²) in [6, 6.07) is 6.61. The molecule has 0 saturated carbocycles. The van der Waals surface area contributed by atoms with Crippen LogP contribution in [0.1, 0.15) is 48.3 Å². The third kappa shape index (κ3) is 4.25. The Bertz CT molecular complexity index is 1110. The summed E-state index contributed by atoms with van der Waals surface area (Å²) in [6.45, 7) is 2.52. The lowest BCUT2D eigenvalue weighted by atomic mass is 9.84. The first-order chi connectivity index (χ1) is 15.4. The number of carbonyl (C=O) groups excluding carboxylic acids is 1. The highest BCUT2D eigenvalue weighted by Crippen LogP contribution is 2.36. The maximum absolute atomic E-state index is 14.1. The predicted molar refractivity (Wildman–Crippen MR) is 118 cm³/mol. The molecular weight excluding hydrogens is 458 g/mol. The van der Waals surface area contributed by atoms with Crippen molar-refractivity contribution in [1.29, 1.82) is 0 Å². The SMILES string of the molecule is O=C(OC[C@H]1CCCN2CCCC[C@@H]12)c1cc2nc(-c3cccs3)cc(C(F)(F)Cl)n2n1. The summed E-state index contributed by atoms with van der Waals surface area (Å²) in [5.41, 5.74) is -0.132. The molecule has 6 nitrogen and oxygen atoms in total. The van der Waals surface area contributed by atoms with E-state index in [4.69, 9.17) is 16.3 Å². The molecule has 3 aromatic rings. The molecule has 32 heavy (non-hydrogen) atoms. The van der Waals surface area contributed by atoms with Gasteiger partial charge < -0.3 is 4.74 Å². The largest absolute Gasteiger partial charge is 0.461 e. The van der Waals surface area contributed by atoms with Crippen LogP contribution in [0, 0.1) is 5.92 Å². The van der Waals surface area contributed by atoms with Crippen molar-refractivity contribution in [1.82, 2.24) is 19.5 Å². The fourth-order valence-corrected chi connectivity index (χ4v) is 5.68. The molecule has 10 heteroatoms. The number of hydrogen-bond acceptors (Lipinski definition) is 6. The molecule has 0 spiro atoms. The van der Waals surface area contributed by atoms with Crippen LogP contribution >= 0.6 is 22.9 Å².